The number of piperidine rings is 1. The molecule has 28 heavy (non-hydrogen) atoms. The fourth-order valence-electron chi connectivity index (χ4n) is 3.59. The molecule has 1 atom stereocenters. The molecular formula is C21H22N4O3. The maximum Gasteiger partial charge on any atom is 0.337 e. The highest BCUT2D eigenvalue weighted by Crippen LogP contribution is 2.31. The largest absolute Gasteiger partial charge is 0.465 e. The normalized spacial score (nSPS) is 16.8. The van der Waals surface area contributed by atoms with Crippen LogP contribution in [0.15, 0.2) is 48.5 Å². The highest BCUT2D eigenvalue weighted by molar-refractivity contribution is 5.92. The number of carbonyl (C=O) groups is 2. The third-order valence-corrected chi connectivity index (χ3v) is 5.04. The molecule has 1 aromatic heterocycles. The van der Waals surface area contributed by atoms with Gasteiger partial charge in [-0.1, -0.05) is 12.1 Å². The number of amides is 2. The van der Waals surface area contributed by atoms with Gasteiger partial charge in [0.2, 0.25) is 0 Å². The van der Waals surface area contributed by atoms with Crippen LogP contribution in [0.5, 0.6) is 0 Å². The first-order chi connectivity index (χ1) is 13.7. The van der Waals surface area contributed by atoms with Crippen LogP contribution in [-0.4, -0.2) is 40.5 Å². The molecule has 1 saturated heterocycles. The van der Waals surface area contributed by atoms with Crippen molar-refractivity contribution in [2.75, 3.05) is 19.0 Å². The summed E-state index contributed by atoms with van der Waals surface area (Å²) in [7, 11) is 1.34. The van der Waals surface area contributed by atoms with E-state index in [0.717, 1.165) is 36.1 Å². The monoisotopic (exact) mass is 378 g/mol. The number of aromatic amines is 1. The van der Waals surface area contributed by atoms with Gasteiger partial charge in [0.05, 0.1) is 29.7 Å². The Hall–Kier alpha value is -3.35. The van der Waals surface area contributed by atoms with E-state index in [1.54, 1.807) is 24.3 Å². The molecule has 0 unspecified atom stereocenters. The highest BCUT2D eigenvalue weighted by Gasteiger charge is 2.30. The molecule has 3 aromatic rings. The molecule has 7 nitrogen and oxygen atoms in total. The molecule has 2 N–H and O–H groups in total. The number of rotatable bonds is 3. The van der Waals surface area contributed by atoms with Crippen LogP contribution in [0.1, 0.15) is 41.5 Å². The summed E-state index contributed by atoms with van der Waals surface area (Å²) in [6.07, 6.45) is 2.89. The minimum absolute atomic E-state index is 0.0875. The van der Waals surface area contributed by atoms with E-state index in [0.29, 0.717) is 17.8 Å². The van der Waals surface area contributed by atoms with E-state index in [2.05, 4.69) is 15.3 Å². The Morgan fingerprint density at radius 1 is 1.14 bits per heavy atom. The Morgan fingerprint density at radius 3 is 2.68 bits per heavy atom. The molecule has 2 heterocycles. The van der Waals surface area contributed by atoms with Gasteiger partial charge in [0.15, 0.2) is 0 Å². The number of urea groups is 1. The molecule has 2 aromatic carbocycles. The zero-order valence-electron chi connectivity index (χ0n) is 15.6. The van der Waals surface area contributed by atoms with Gasteiger partial charge in [0.25, 0.3) is 0 Å². The van der Waals surface area contributed by atoms with E-state index < -0.39 is 5.97 Å². The van der Waals surface area contributed by atoms with Gasteiger partial charge in [-0.2, -0.15) is 0 Å². The quantitative estimate of drug-likeness (QED) is 0.672. The Labute approximate surface area is 162 Å². The van der Waals surface area contributed by atoms with Crippen LogP contribution in [-0.2, 0) is 4.74 Å². The first-order valence-electron chi connectivity index (χ1n) is 9.36. The van der Waals surface area contributed by atoms with Gasteiger partial charge in [-0.25, -0.2) is 14.6 Å². The van der Waals surface area contributed by atoms with Gasteiger partial charge < -0.3 is 19.9 Å². The molecule has 0 saturated carbocycles. The zero-order chi connectivity index (χ0) is 19.5. The van der Waals surface area contributed by atoms with Gasteiger partial charge in [-0.3, -0.25) is 0 Å². The second-order valence-electron chi connectivity index (χ2n) is 6.84. The number of ether oxygens (including phenoxy) is 1. The lowest BCUT2D eigenvalue weighted by Gasteiger charge is -2.34. The molecular weight excluding hydrogens is 356 g/mol. The van der Waals surface area contributed by atoms with Crippen molar-refractivity contribution in [1.29, 1.82) is 0 Å². The number of aromatic nitrogens is 2. The fraction of sp³-hybridized carbons (Fsp3) is 0.286. The number of likely N-dealkylation sites (tertiary alicyclic amines) is 1. The third-order valence-electron chi connectivity index (χ3n) is 5.04. The maximum absolute atomic E-state index is 12.9. The summed E-state index contributed by atoms with van der Waals surface area (Å²) in [6.45, 7) is 0.674. The second kappa shape index (κ2) is 7.72. The van der Waals surface area contributed by atoms with Crippen molar-refractivity contribution in [3.8, 4) is 0 Å². The second-order valence-corrected chi connectivity index (χ2v) is 6.84. The Bertz CT molecular complexity index is 963. The number of para-hydroxylation sites is 2. The third kappa shape index (κ3) is 3.55. The maximum atomic E-state index is 12.9. The van der Waals surface area contributed by atoms with Crippen LogP contribution >= 0.6 is 0 Å². The van der Waals surface area contributed by atoms with Gasteiger partial charge in [-0.15, -0.1) is 0 Å². The predicted octanol–water partition coefficient (Wildman–Crippen LogP) is 4.11. The van der Waals surface area contributed by atoms with Crippen molar-refractivity contribution in [2.45, 2.75) is 25.3 Å². The van der Waals surface area contributed by atoms with Crippen LogP contribution in [0.2, 0.25) is 0 Å². The number of methoxy groups -OCH3 is 1. The SMILES string of the molecule is COC(=O)c1ccc(NC(=O)N2CCCC[C@H]2c2nc3ccccc3[nH]2)cc1. The number of nitrogens with zero attached hydrogens (tertiary/aromatic N) is 2. The number of nitrogens with one attached hydrogen (secondary N) is 2. The number of hydrogen-bond acceptors (Lipinski definition) is 4. The average molecular weight is 378 g/mol. The van der Waals surface area contributed by atoms with Gasteiger partial charge in [-0.05, 0) is 55.7 Å². The van der Waals surface area contributed by atoms with Gasteiger partial charge in [0.1, 0.15) is 5.82 Å². The van der Waals surface area contributed by atoms with Crippen molar-refractivity contribution in [2.24, 2.45) is 0 Å². The van der Waals surface area contributed by atoms with Crippen molar-refractivity contribution in [3.05, 3.63) is 59.9 Å². The lowest BCUT2D eigenvalue weighted by atomic mass is 10.0. The Morgan fingerprint density at radius 2 is 1.93 bits per heavy atom. The number of benzene rings is 2. The minimum Gasteiger partial charge on any atom is -0.465 e. The summed E-state index contributed by atoms with van der Waals surface area (Å²) in [6, 6.07) is 14.3. The molecule has 0 radical (unpaired) electrons. The number of carbonyl (C=O) groups excluding carboxylic acids is 2. The van der Waals surface area contributed by atoms with Gasteiger partial charge >= 0.3 is 12.0 Å². The summed E-state index contributed by atoms with van der Waals surface area (Å²) < 4.78 is 4.70. The van der Waals surface area contributed by atoms with Crippen LogP contribution in [0, 0.1) is 0 Å². The van der Waals surface area contributed by atoms with E-state index in [4.69, 9.17) is 4.74 Å². The molecule has 2 amide bonds. The number of anilines is 1. The number of hydrogen-bond donors (Lipinski definition) is 2. The number of H-pyrrole nitrogens is 1. The summed E-state index contributed by atoms with van der Waals surface area (Å²) >= 11 is 0. The summed E-state index contributed by atoms with van der Waals surface area (Å²) in [5, 5.41) is 2.92. The summed E-state index contributed by atoms with van der Waals surface area (Å²) in [5.41, 5.74) is 2.95. The molecule has 0 bridgehead atoms. The van der Waals surface area contributed by atoms with Crippen molar-refractivity contribution < 1.29 is 14.3 Å². The predicted molar refractivity (Wildman–Crippen MR) is 106 cm³/mol. The van der Waals surface area contributed by atoms with Gasteiger partial charge in [0, 0.05) is 12.2 Å². The first-order valence-corrected chi connectivity index (χ1v) is 9.36. The van der Waals surface area contributed by atoms with Crippen LogP contribution < -0.4 is 5.32 Å². The standard InChI is InChI=1S/C21H22N4O3/c1-28-20(26)14-9-11-15(12-10-14)22-21(27)25-13-5-4-8-18(25)19-23-16-6-2-3-7-17(16)24-19/h2-3,6-7,9-12,18H,4-5,8,13H2,1H3,(H,22,27)(H,23,24)/t18-/m0/s1. The molecule has 0 spiro atoms. The van der Waals surface area contributed by atoms with Crippen molar-refractivity contribution >= 4 is 28.7 Å². The van der Waals surface area contributed by atoms with E-state index in [-0.39, 0.29) is 12.1 Å². The summed E-state index contributed by atoms with van der Waals surface area (Å²) in [5.74, 6) is 0.413. The smallest absolute Gasteiger partial charge is 0.337 e. The number of esters is 1. The fourth-order valence-corrected chi connectivity index (χ4v) is 3.59. The topological polar surface area (TPSA) is 87.3 Å². The van der Waals surface area contributed by atoms with Crippen LogP contribution in [0.25, 0.3) is 11.0 Å². The zero-order valence-corrected chi connectivity index (χ0v) is 15.6. The molecule has 1 aliphatic heterocycles. The molecule has 144 valence electrons. The van der Waals surface area contributed by atoms with Crippen molar-refractivity contribution in [3.63, 3.8) is 0 Å². The molecule has 1 aliphatic rings. The molecule has 1 fully saturated rings. The van der Waals surface area contributed by atoms with Crippen LogP contribution in [0.4, 0.5) is 10.5 Å². The van der Waals surface area contributed by atoms with E-state index >= 15 is 0 Å². The lowest BCUT2D eigenvalue weighted by Crippen LogP contribution is -2.41. The summed E-state index contributed by atoms with van der Waals surface area (Å²) in [4.78, 5) is 34.3. The van der Waals surface area contributed by atoms with E-state index in [1.807, 2.05) is 29.2 Å². The van der Waals surface area contributed by atoms with Crippen LogP contribution in [0.3, 0.4) is 0 Å². The number of imidazole rings is 1. The Kier molecular flexibility index (Phi) is 4.97. The van der Waals surface area contributed by atoms with Crippen molar-refractivity contribution in [1.82, 2.24) is 14.9 Å². The molecule has 7 heteroatoms. The first kappa shape index (κ1) is 18.0. The van der Waals surface area contributed by atoms with E-state index in [9.17, 15) is 9.59 Å². The minimum atomic E-state index is -0.404. The Balaban J connectivity index is 1.52. The van der Waals surface area contributed by atoms with E-state index in [1.165, 1.54) is 7.11 Å². The highest BCUT2D eigenvalue weighted by atomic mass is 16.5. The molecule has 0 aliphatic carbocycles. The lowest BCUT2D eigenvalue weighted by molar-refractivity contribution is 0.0600. The average Bonchev–Trinajstić information content (AvgIpc) is 3.18. The number of fused-ring (bicyclic) bond motifs is 1. The molecule has 4 rings (SSSR count).